The zero-order valence-electron chi connectivity index (χ0n) is 12.1. The Morgan fingerprint density at radius 3 is 2.36 bits per heavy atom. The standard InChI is InChI=1S/C18H16FNO2/c19-16-8-6-15(7-9-16)18(21)3-1-2-12-22-17-10-4-14(13-20)5-11-17/h4-11H,1-3,12H2. The number of ether oxygens (including phenoxy) is 1. The molecular formula is C18H16FNO2. The molecule has 0 radical (unpaired) electrons. The summed E-state index contributed by atoms with van der Waals surface area (Å²) < 4.78 is 18.3. The van der Waals surface area contributed by atoms with Gasteiger partial charge in [-0.2, -0.15) is 5.26 Å². The zero-order chi connectivity index (χ0) is 15.8. The molecule has 0 aromatic heterocycles. The molecule has 0 atom stereocenters. The second-order valence-corrected chi connectivity index (χ2v) is 4.87. The Balaban J connectivity index is 1.67. The van der Waals surface area contributed by atoms with Crippen molar-refractivity contribution >= 4 is 5.78 Å². The third-order valence-electron chi connectivity index (χ3n) is 3.22. The summed E-state index contributed by atoms with van der Waals surface area (Å²) in [7, 11) is 0. The molecule has 4 heteroatoms. The summed E-state index contributed by atoms with van der Waals surface area (Å²) in [6, 6.07) is 14.5. The average Bonchev–Trinajstić information content (AvgIpc) is 2.55. The fraction of sp³-hybridized carbons (Fsp3) is 0.222. The Kier molecular flexibility index (Phi) is 5.67. The van der Waals surface area contributed by atoms with Crippen LogP contribution in [0.3, 0.4) is 0 Å². The summed E-state index contributed by atoms with van der Waals surface area (Å²) in [4.78, 5) is 11.9. The quantitative estimate of drug-likeness (QED) is 0.570. The Bertz CT molecular complexity index is 657. The van der Waals surface area contributed by atoms with Crippen molar-refractivity contribution < 1.29 is 13.9 Å². The van der Waals surface area contributed by atoms with Crippen LogP contribution < -0.4 is 4.74 Å². The van der Waals surface area contributed by atoms with E-state index in [1.807, 2.05) is 6.07 Å². The van der Waals surface area contributed by atoms with Crippen LogP contribution in [0.4, 0.5) is 4.39 Å². The maximum Gasteiger partial charge on any atom is 0.162 e. The Hall–Kier alpha value is -2.67. The van der Waals surface area contributed by atoms with Crippen LogP contribution >= 0.6 is 0 Å². The van der Waals surface area contributed by atoms with E-state index in [1.54, 1.807) is 24.3 Å². The number of carbonyl (C=O) groups is 1. The van der Waals surface area contributed by atoms with Gasteiger partial charge in [0.15, 0.2) is 5.78 Å². The molecule has 2 aromatic rings. The van der Waals surface area contributed by atoms with E-state index in [2.05, 4.69) is 0 Å². The zero-order valence-corrected chi connectivity index (χ0v) is 12.1. The number of unbranched alkanes of at least 4 members (excludes halogenated alkanes) is 1. The molecule has 0 fully saturated rings. The first-order valence-electron chi connectivity index (χ1n) is 7.11. The van der Waals surface area contributed by atoms with Gasteiger partial charge in [0, 0.05) is 12.0 Å². The third-order valence-corrected chi connectivity index (χ3v) is 3.22. The summed E-state index contributed by atoms with van der Waals surface area (Å²) in [5.41, 5.74) is 1.13. The fourth-order valence-corrected chi connectivity index (χ4v) is 1.98. The molecule has 0 amide bonds. The number of rotatable bonds is 7. The fourth-order valence-electron chi connectivity index (χ4n) is 1.98. The van der Waals surface area contributed by atoms with Gasteiger partial charge in [-0.25, -0.2) is 4.39 Å². The van der Waals surface area contributed by atoms with Crippen molar-refractivity contribution in [2.24, 2.45) is 0 Å². The minimum atomic E-state index is -0.340. The SMILES string of the molecule is N#Cc1ccc(OCCCCC(=O)c2ccc(F)cc2)cc1. The molecule has 112 valence electrons. The summed E-state index contributed by atoms with van der Waals surface area (Å²) >= 11 is 0. The molecule has 0 bridgehead atoms. The predicted octanol–water partition coefficient (Wildman–Crippen LogP) is 4.13. The maximum absolute atomic E-state index is 12.8. The molecule has 0 aliphatic carbocycles. The molecule has 0 heterocycles. The van der Waals surface area contributed by atoms with E-state index in [0.717, 1.165) is 6.42 Å². The van der Waals surface area contributed by atoms with E-state index >= 15 is 0 Å². The van der Waals surface area contributed by atoms with Gasteiger partial charge in [-0.15, -0.1) is 0 Å². The van der Waals surface area contributed by atoms with Crippen molar-refractivity contribution in [2.75, 3.05) is 6.61 Å². The van der Waals surface area contributed by atoms with Crippen molar-refractivity contribution in [2.45, 2.75) is 19.3 Å². The van der Waals surface area contributed by atoms with Gasteiger partial charge in [-0.1, -0.05) is 0 Å². The Morgan fingerprint density at radius 2 is 1.73 bits per heavy atom. The second kappa shape index (κ2) is 7.94. The first kappa shape index (κ1) is 15.7. The van der Waals surface area contributed by atoms with Gasteiger partial charge in [0.05, 0.1) is 18.2 Å². The maximum atomic E-state index is 12.8. The minimum Gasteiger partial charge on any atom is -0.494 e. The highest BCUT2D eigenvalue weighted by molar-refractivity contribution is 5.95. The van der Waals surface area contributed by atoms with Crippen LogP contribution in [0.5, 0.6) is 5.75 Å². The molecule has 0 aliphatic rings. The molecular weight excluding hydrogens is 281 g/mol. The number of hydrogen-bond acceptors (Lipinski definition) is 3. The van der Waals surface area contributed by atoms with E-state index < -0.39 is 0 Å². The van der Waals surface area contributed by atoms with Crippen molar-refractivity contribution in [1.29, 1.82) is 5.26 Å². The van der Waals surface area contributed by atoms with Gasteiger partial charge >= 0.3 is 0 Å². The van der Waals surface area contributed by atoms with Gasteiger partial charge in [-0.05, 0) is 61.4 Å². The Morgan fingerprint density at radius 1 is 1.05 bits per heavy atom. The van der Waals surface area contributed by atoms with E-state index in [-0.39, 0.29) is 11.6 Å². The lowest BCUT2D eigenvalue weighted by Gasteiger charge is -2.06. The van der Waals surface area contributed by atoms with Crippen LogP contribution in [0.15, 0.2) is 48.5 Å². The third kappa shape index (κ3) is 4.71. The monoisotopic (exact) mass is 297 g/mol. The van der Waals surface area contributed by atoms with Crippen molar-refractivity contribution in [3.63, 3.8) is 0 Å². The first-order valence-corrected chi connectivity index (χ1v) is 7.11. The molecule has 0 saturated heterocycles. The number of ketones is 1. The highest BCUT2D eigenvalue weighted by atomic mass is 19.1. The molecule has 2 rings (SSSR count). The molecule has 0 saturated carbocycles. The number of benzene rings is 2. The van der Waals surface area contributed by atoms with E-state index in [4.69, 9.17) is 10.00 Å². The van der Waals surface area contributed by atoms with Crippen molar-refractivity contribution in [3.8, 4) is 11.8 Å². The number of nitriles is 1. The van der Waals surface area contributed by atoms with Crippen LogP contribution in [-0.2, 0) is 0 Å². The summed E-state index contributed by atoms with van der Waals surface area (Å²) in [5.74, 6) is 0.384. The lowest BCUT2D eigenvalue weighted by atomic mass is 10.1. The molecule has 0 spiro atoms. The lowest BCUT2D eigenvalue weighted by Crippen LogP contribution is -2.02. The molecule has 3 nitrogen and oxygen atoms in total. The topological polar surface area (TPSA) is 50.1 Å². The largest absolute Gasteiger partial charge is 0.494 e. The van der Waals surface area contributed by atoms with Gasteiger partial charge in [-0.3, -0.25) is 4.79 Å². The molecule has 0 aliphatic heterocycles. The van der Waals surface area contributed by atoms with Gasteiger partial charge < -0.3 is 4.74 Å². The van der Waals surface area contributed by atoms with Gasteiger partial charge in [0.25, 0.3) is 0 Å². The van der Waals surface area contributed by atoms with Crippen LogP contribution in [-0.4, -0.2) is 12.4 Å². The molecule has 0 N–H and O–H groups in total. The van der Waals surface area contributed by atoms with Crippen LogP contribution in [0, 0.1) is 17.1 Å². The van der Waals surface area contributed by atoms with Crippen molar-refractivity contribution in [1.82, 2.24) is 0 Å². The average molecular weight is 297 g/mol. The summed E-state index contributed by atoms with van der Waals surface area (Å²) in [6.07, 6.45) is 1.89. The van der Waals surface area contributed by atoms with E-state index in [0.29, 0.717) is 36.3 Å². The second-order valence-electron chi connectivity index (χ2n) is 4.87. The van der Waals surface area contributed by atoms with Gasteiger partial charge in [0.2, 0.25) is 0 Å². The number of carbonyl (C=O) groups excluding carboxylic acids is 1. The molecule has 2 aromatic carbocycles. The van der Waals surface area contributed by atoms with E-state index in [9.17, 15) is 9.18 Å². The number of halogens is 1. The van der Waals surface area contributed by atoms with Gasteiger partial charge in [0.1, 0.15) is 11.6 Å². The summed E-state index contributed by atoms with van der Waals surface area (Å²) in [6.45, 7) is 0.516. The van der Waals surface area contributed by atoms with Crippen molar-refractivity contribution in [3.05, 3.63) is 65.5 Å². The predicted molar refractivity (Wildman–Crippen MR) is 81.2 cm³/mol. The lowest BCUT2D eigenvalue weighted by molar-refractivity contribution is 0.0978. The highest BCUT2D eigenvalue weighted by Gasteiger charge is 2.05. The van der Waals surface area contributed by atoms with Crippen LogP contribution in [0.1, 0.15) is 35.2 Å². The molecule has 0 unspecified atom stereocenters. The summed E-state index contributed by atoms with van der Waals surface area (Å²) in [5, 5.41) is 8.69. The number of hydrogen-bond donors (Lipinski definition) is 0. The minimum absolute atomic E-state index is 0.0124. The first-order chi connectivity index (χ1) is 10.7. The van der Waals surface area contributed by atoms with E-state index in [1.165, 1.54) is 24.3 Å². The highest BCUT2D eigenvalue weighted by Crippen LogP contribution is 2.13. The van der Waals surface area contributed by atoms with Crippen LogP contribution in [0.2, 0.25) is 0 Å². The normalized spacial score (nSPS) is 10.0. The molecule has 22 heavy (non-hydrogen) atoms. The number of nitrogens with zero attached hydrogens (tertiary/aromatic N) is 1. The number of Topliss-reactive ketones (excluding diaryl/α,β-unsaturated/α-hetero) is 1. The van der Waals surface area contributed by atoms with Crippen LogP contribution in [0.25, 0.3) is 0 Å². The Labute approximate surface area is 129 Å². The smallest absolute Gasteiger partial charge is 0.162 e.